The van der Waals surface area contributed by atoms with Gasteiger partial charge < -0.3 is 21.7 Å². The van der Waals surface area contributed by atoms with Crippen LogP contribution in [-0.2, 0) is 4.79 Å². The van der Waals surface area contributed by atoms with Crippen molar-refractivity contribution >= 4 is 34.6 Å². The van der Waals surface area contributed by atoms with Crippen LogP contribution in [0.2, 0.25) is 0 Å². The maximum absolute atomic E-state index is 12.0. The molecule has 0 aliphatic carbocycles. The summed E-state index contributed by atoms with van der Waals surface area (Å²) in [6.45, 7) is 0. The number of benzene rings is 1. The molecule has 0 radical (unpaired) electrons. The molecule has 0 spiro atoms. The second-order valence-electron chi connectivity index (χ2n) is 4.26. The number of hydrogen-bond donors (Lipinski definition) is 4. The number of thiophene rings is 1. The molecule has 0 fully saturated rings. The number of urea groups is 1. The Kier molecular flexibility index (Phi) is 4.91. The first-order valence-corrected chi connectivity index (χ1v) is 7.17. The maximum Gasteiger partial charge on any atom is 0.318 e. The van der Waals surface area contributed by atoms with E-state index in [9.17, 15) is 9.59 Å². The van der Waals surface area contributed by atoms with Crippen LogP contribution in [0.5, 0.6) is 0 Å². The number of hydrogen-bond acceptors (Lipinski definition) is 4. The highest BCUT2D eigenvalue weighted by Gasteiger charge is 2.16. The lowest BCUT2D eigenvalue weighted by Gasteiger charge is -2.11. The van der Waals surface area contributed by atoms with Gasteiger partial charge in [-0.15, -0.1) is 11.3 Å². The van der Waals surface area contributed by atoms with E-state index in [4.69, 9.17) is 5.73 Å². The average Bonchev–Trinajstić information content (AvgIpc) is 3.02. The first kappa shape index (κ1) is 15.0. The van der Waals surface area contributed by atoms with Gasteiger partial charge in [0, 0.05) is 23.3 Å². The lowest BCUT2D eigenvalue weighted by molar-refractivity contribution is -0.117. The van der Waals surface area contributed by atoms with Crippen molar-refractivity contribution in [2.45, 2.75) is 6.04 Å². The Balaban J connectivity index is 1.97. The number of nitrogens with one attached hydrogen (secondary N) is 3. The third-order valence-corrected chi connectivity index (χ3v) is 3.72. The highest BCUT2D eigenvalue weighted by atomic mass is 32.1. The lowest BCUT2D eigenvalue weighted by atomic mass is 10.2. The van der Waals surface area contributed by atoms with E-state index in [0.29, 0.717) is 11.4 Å². The highest BCUT2D eigenvalue weighted by Crippen LogP contribution is 2.19. The first-order valence-electron chi connectivity index (χ1n) is 6.29. The van der Waals surface area contributed by atoms with E-state index < -0.39 is 6.04 Å². The second kappa shape index (κ2) is 6.87. The van der Waals surface area contributed by atoms with Crippen molar-refractivity contribution in [3.63, 3.8) is 0 Å². The van der Waals surface area contributed by atoms with Gasteiger partial charge in [-0.25, -0.2) is 4.79 Å². The van der Waals surface area contributed by atoms with Crippen molar-refractivity contribution in [2.75, 3.05) is 17.7 Å². The van der Waals surface area contributed by atoms with Gasteiger partial charge in [0.15, 0.2) is 0 Å². The third kappa shape index (κ3) is 4.04. The summed E-state index contributed by atoms with van der Waals surface area (Å²) in [5.74, 6) is -0.274. The van der Waals surface area contributed by atoms with Gasteiger partial charge in [-0.2, -0.15) is 0 Å². The summed E-state index contributed by atoms with van der Waals surface area (Å²) in [6.07, 6.45) is 0. The number of rotatable bonds is 4. The summed E-state index contributed by atoms with van der Waals surface area (Å²) in [7, 11) is 1.54. The SMILES string of the molecule is CNC(=O)Nc1ccc(NC(=O)C(N)c2cccs2)cc1. The standard InChI is InChI=1S/C14H16N4O2S/c1-16-14(20)18-10-6-4-9(5-7-10)17-13(19)12(15)11-3-2-8-21-11/h2-8,12H,15H2,1H3,(H,17,19)(H2,16,18,20). The zero-order valence-corrected chi connectivity index (χ0v) is 12.2. The molecule has 1 heterocycles. The smallest absolute Gasteiger partial charge is 0.318 e. The summed E-state index contributed by atoms with van der Waals surface area (Å²) >= 11 is 1.44. The number of carbonyl (C=O) groups is 2. The van der Waals surface area contributed by atoms with Crippen LogP contribution < -0.4 is 21.7 Å². The van der Waals surface area contributed by atoms with Gasteiger partial charge in [0.25, 0.3) is 0 Å². The third-order valence-electron chi connectivity index (χ3n) is 2.77. The van der Waals surface area contributed by atoms with Crippen molar-refractivity contribution in [2.24, 2.45) is 5.73 Å². The highest BCUT2D eigenvalue weighted by molar-refractivity contribution is 7.10. The van der Waals surface area contributed by atoms with E-state index in [-0.39, 0.29) is 11.9 Å². The van der Waals surface area contributed by atoms with Crippen molar-refractivity contribution in [3.8, 4) is 0 Å². The van der Waals surface area contributed by atoms with Gasteiger partial charge >= 0.3 is 6.03 Å². The molecule has 0 aliphatic rings. The van der Waals surface area contributed by atoms with Crippen LogP contribution in [0.1, 0.15) is 10.9 Å². The van der Waals surface area contributed by atoms with Gasteiger partial charge in [0.05, 0.1) is 0 Å². The number of nitrogens with two attached hydrogens (primary N) is 1. The molecule has 0 aliphatic heterocycles. The zero-order chi connectivity index (χ0) is 15.2. The Morgan fingerprint density at radius 2 is 1.71 bits per heavy atom. The minimum absolute atomic E-state index is 0.274. The van der Waals surface area contributed by atoms with Crippen LogP contribution in [0.25, 0.3) is 0 Å². The van der Waals surface area contributed by atoms with E-state index in [1.54, 1.807) is 24.3 Å². The number of anilines is 2. The van der Waals surface area contributed by atoms with Gasteiger partial charge in [-0.05, 0) is 35.7 Å². The Bertz CT molecular complexity index is 610. The summed E-state index contributed by atoms with van der Waals surface area (Å²) in [4.78, 5) is 24.0. The van der Waals surface area contributed by atoms with E-state index in [1.165, 1.54) is 18.4 Å². The molecule has 1 aromatic carbocycles. The Morgan fingerprint density at radius 3 is 2.24 bits per heavy atom. The van der Waals surface area contributed by atoms with Gasteiger partial charge in [0.2, 0.25) is 5.91 Å². The van der Waals surface area contributed by atoms with Crippen LogP contribution >= 0.6 is 11.3 Å². The predicted molar refractivity (Wildman–Crippen MR) is 84.4 cm³/mol. The molecular formula is C14H16N4O2S. The molecular weight excluding hydrogens is 288 g/mol. The van der Waals surface area contributed by atoms with Gasteiger partial charge in [-0.3, -0.25) is 4.79 Å². The fraction of sp³-hybridized carbons (Fsp3) is 0.143. The monoisotopic (exact) mass is 304 g/mol. The topological polar surface area (TPSA) is 96.2 Å². The molecule has 3 amide bonds. The summed E-state index contributed by atoms with van der Waals surface area (Å²) < 4.78 is 0. The minimum atomic E-state index is -0.686. The van der Waals surface area contributed by atoms with E-state index in [0.717, 1.165) is 4.88 Å². The molecule has 2 aromatic rings. The van der Waals surface area contributed by atoms with Crippen LogP contribution in [0.15, 0.2) is 41.8 Å². The van der Waals surface area contributed by atoms with E-state index >= 15 is 0 Å². The largest absolute Gasteiger partial charge is 0.341 e. The Labute approximate surface area is 126 Å². The quantitative estimate of drug-likeness (QED) is 0.696. The maximum atomic E-state index is 12.0. The molecule has 0 saturated heterocycles. The Hall–Kier alpha value is -2.38. The zero-order valence-electron chi connectivity index (χ0n) is 11.4. The van der Waals surface area contributed by atoms with Crippen LogP contribution in [0.3, 0.4) is 0 Å². The molecule has 2 rings (SSSR count). The normalized spacial score (nSPS) is 11.5. The molecule has 0 saturated carbocycles. The van der Waals surface area contributed by atoms with Crippen molar-refractivity contribution < 1.29 is 9.59 Å². The molecule has 5 N–H and O–H groups in total. The molecule has 1 atom stereocenters. The molecule has 1 unspecified atom stereocenters. The fourth-order valence-corrected chi connectivity index (χ4v) is 2.37. The summed E-state index contributed by atoms with van der Waals surface area (Å²) in [5, 5.41) is 9.70. The molecule has 0 bridgehead atoms. The summed E-state index contributed by atoms with van der Waals surface area (Å²) in [5.41, 5.74) is 7.13. The van der Waals surface area contributed by atoms with Crippen LogP contribution in [0, 0.1) is 0 Å². The molecule has 7 heteroatoms. The van der Waals surface area contributed by atoms with Crippen molar-refractivity contribution in [3.05, 3.63) is 46.7 Å². The lowest BCUT2D eigenvalue weighted by Crippen LogP contribution is -2.27. The molecule has 1 aromatic heterocycles. The number of carbonyl (C=O) groups excluding carboxylic acids is 2. The molecule has 6 nitrogen and oxygen atoms in total. The average molecular weight is 304 g/mol. The first-order chi connectivity index (χ1) is 10.1. The van der Waals surface area contributed by atoms with E-state index in [2.05, 4.69) is 16.0 Å². The Morgan fingerprint density at radius 1 is 1.10 bits per heavy atom. The van der Waals surface area contributed by atoms with Crippen LogP contribution in [-0.4, -0.2) is 19.0 Å². The van der Waals surface area contributed by atoms with Gasteiger partial charge in [-0.1, -0.05) is 6.07 Å². The second-order valence-corrected chi connectivity index (χ2v) is 5.24. The van der Waals surface area contributed by atoms with E-state index in [1.807, 2.05) is 17.5 Å². The molecule has 110 valence electrons. The van der Waals surface area contributed by atoms with Crippen LogP contribution in [0.4, 0.5) is 16.2 Å². The minimum Gasteiger partial charge on any atom is -0.341 e. The molecule has 21 heavy (non-hydrogen) atoms. The van der Waals surface area contributed by atoms with Crippen molar-refractivity contribution in [1.29, 1.82) is 0 Å². The van der Waals surface area contributed by atoms with Crippen molar-refractivity contribution in [1.82, 2.24) is 5.32 Å². The fourth-order valence-electron chi connectivity index (χ4n) is 1.65. The number of amides is 3. The summed E-state index contributed by atoms with van der Waals surface area (Å²) in [6, 6.07) is 9.48. The predicted octanol–water partition coefficient (Wildman–Crippen LogP) is 2.14. The van der Waals surface area contributed by atoms with Gasteiger partial charge in [0.1, 0.15) is 6.04 Å².